The highest BCUT2D eigenvalue weighted by Crippen LogP contribution is 2.22. The number of carbonyl (C=O) groups excluding carboxylic acids is 1. The van der Waals surface area contributed by atoms with Gasteiger partial charge in [-0.2, -0.15) is 0 Å². The highest BCUT2D eigenvalue weighted by atomic mass is 16.3. The zero-order chi connectivity index (χ0) is 12.1. The van der Waals surface area contributed by atoms with Gasteiger partial charge in [0.15, 0.2) is 5.78 Å². The van der Waals surface area contributed by atoms with Gasteiger partial charge in [-0.05, 0) is 55.5 Å². The van der Waals surface area contributed by atoms with Crippen molar-refractivity contribution in [1.29, 1.82) is 0 Å². The van der Waals surface area contributed by atoms with Gasteiger partial charge < -0.3 is 10.2 Å². The molecule has 0 atom stereocenters. The van der Waals surface area contributed by atoms with Gasteiger partial charge in [-0.3, -0.25) is 4.79 Å². The number of hydrogen-bond acceptors (Lipinski definition) is 3. The van der Waals surface area contributed by atoms with Gasteiger partial charge in [0.05, 0.1) is 0 Å². The normalized spacial score (nSPS) is 10.4. The second-order valence-electron chi connectivity index (χ2n) is 4.11. The summed E-state index contributed by atoms with van der Waals surface area (Å²) in [5.41, 5.74) is 3.28. The van der Waals surface area contributed by atoms with Crippen LogP contribution in [-0.4, -0.2) is 22.6 Å². The summed E-state index contributed by atoms with van der Waals surface area (Å²) in [5, 5.41) is 18.0. The van der Waals surface area contributed by atoms with Crippen LogP contribution in [0.2, 0.25) is 0 Å². The van der Waals surface area contributed by atoms with E-state index in [9.17, 15) is 9.90 Å². The third kappa shape index (κ3) is 3.35. The van der Waals surface area contributed by atoms with E-state index in [2.05, 4.69) is 0 Å². The summed E-state index contributed by atoms with van der Waals surface area (Å²) in [6, 6.07) is 3.46. The number of benzene rings is 1. The minimum Gasteiger partial charge on any atom is -0.508 e. The lowest BCUT2D eigenvalue weighted by atomic mass is 9.97. The number of ketones is 1. The van der Waals surface area contributed by atoms with Gasteiger partial charge in [-0.1, -0.05) is 0 Å². The van der Waals surface area contributed by atoms with Gasteiger partial charge in [0.25, 0.3) is 0 Å². The Morgan fingerprint density at radius 2 is 1.81 bits per heavy atom. The van der Waals surface area contributed by atoms with Crippen LogP contribution in [0.5, 0.6) is 5.75 Å². The summed E-state index contributed by atoms with van der Waals surface area (Å²) >= 11 is 0. The number of aromatic hydroxyl groups is 1. The van der Waals surface area contributed by atoms with Crippen LogP contribution in [-0.2, 0) is 11.2 Å². The standard InChI is InChI=1S/C13H18O3/c1-9-6-12(16)7-10(2)13(9)5-3-4-11(15)8-14/h6-7,14,16H,3-5,8H2,1-2H3. The molecule has 1 aromatic rings. The number of aliphatic hydroxyl groups is 1. The predicted octanol–water partition coefficient (Wildman–Crippen LogP) is 1.89. The van der Waals surface area contributed by atoms with Crippen LogP contribution in [0.15, 0.2) is 12.1 Å². The Labute approximate surface area is 95.7 Å². The lowest BCUT2D eigenvalue weighted by Gasteiger charge is -2.10. The maximum atomic E-state index is 10.9. The molecule has 0 radical (unpaired) electrons. The second-order valence-corrected chi connectivity index (χ2v) is 4.11. The minimum atomic E-state index is -0.368. The first-order chi connectivity index (χ1) is 7.54. The lowest BCUT2D eigenvalue weighted by molar-refractivity contribution is -0.121. The molecule has 0 unspecified atom stereocenters. The van der Waals surface area contributed by atoms with Crippen molar-refractivity contribution in [2.45, 2.75) is 33.1 Å². The molecule has 0 amide bonds. The zero-order valence-corrected chi connectivity index (χ0v) is 9.79. The monoisotopic (exact) mass is 222 g/mol. The number of hydrogen-bond donors (Lipinski definition) is 2. The molecule has 0 aliphatic heterocycles. The van der Waals surface area contributed by atoms with Crippen molar-refractivity contribution in [3.63, 3.8) is 0 Å². The Morgan fingerprint density at radius 3 is 2.31 bits per heavy atom. The average Bonchev–Trinajstić information content (AvgIpc) is 2.21. The summed E-state index contributed by atoms with van der Waals surface area (Å²) < 4.78 is 0. The van der Waals surface area contributed by atoms with E-state index in [1.54, 1.807) is 12.1 Å². The van der Waals surface area contributed by atoms with Gasteiger partial charge in [0, 0.05) is 6.42 Å². The third-order valence-corrected chi connectivity index (χ3v) is 2.74. The molecule has 3 nitrogen and oxygen atoms in total. The molecule has 2 N–H and O–H groups in total. The van der Waals surface area contributed by atoms with Gasteiger partial charge in [0.1, 0.15) is 12.4 Å². The molecule has 1 aromatic carbocycles. The zero-order valence-electron chi connectivity index (χ0n) is 9.79. The van der Waals surface area contributed by atoms with E-state index in [1.807, 2.05) is 13.8 Å². The van der Waals surface area contributed by atoms with Crippen LogP contribution in [0, 0.1) is 13.8 Å². The fraction of sp³-hybridized carbons (Fsp3) is 0.462. The predicted molar refractivity (Wildman–Crippen MR) is 62.6 cm³/mol. The first kappa shape index (κ1) is 12.7. The molecular weight excluding hydrogens is 204 g/mol. The Bertz CT molecular complexity index is 360. The fourth-order valence-corrected chi connectivity index (χ4v) is 1.91. The van der Waals surface area contributed by atoms with E-state index in [4.69, 9.17) is 5.11 Å². The number of aryl methyl sites for hydroxylation is 2. The van der Waals surface area contributed by atoms with E-state index in [0.29, 0.717) is 6.42 Å². The summed E-state index contributed by atoms with van der Waals surface area (Å²) in [7, 11) is 0. The van der Waals surface area contributed by atoms with Crippen molar-refractivity contribution in [3.05, 3.63) is 28.8 Å². The lowest BCUT2D eigenvalue weighted by Crippen LogP contribution is -2.04. The maximum Gasteiger partial charge on any atom is 0.158 e. The van der Waals surface area contributed by atoms with Crippen LogP contribution in [0.3, 0.4) is 0 Å². The third-order valence-electron chi connectivity index (χ3n) is 2.74. The largest absolute Gasteiger partial charge is 0.508 e. The van der Waals surface area contributed by atoms with Gasteiger partial charge >= 0.3 is 0 Å². The highest BCUT2D eigenvalue weighted by molar-refractivity contribution is 5.79. The van der Waals surface area contributed by atoms with Crippen LogP contribution in [0.4, 0.5) is 0 Å². The maximum absolute atomic E-state index is 10.9. The number of rotatable bonds is 5. The van der Waals surface area contributed by atoms with Crippen molar-refractivity contribution in [3.8, 4) is 5.75 Å². The molecule has 3 heteroatoms. The number of carbonyl (C=O) groups is 1. The number of aliphatic hydroxyl groups excluding tert-OH is 1. The molecular formula is C13H18O3. The van der Waals surface area contributed by atoms with Crippen LogP contribution < -0.4 is 0 Å². The fourth-order valence-electron chi connectivity index (χ4n) is 1.91. The van der Waals surface area contributed by atoms with Crippen molar-refractivity contribution < 1.29 is 15.0 Å². The number of phenolic OH excluding ortho intramolecular Hbond substituents is 1. The van der Waals surface area contributed by atoms with Crippen molar-refractivity contribution in [2.75, 3.05) is 6.61 Å². The van der Waals surface area contributed by atoms with E-state index >= 15 is 0 Å². The molecule has 0 aliphatic rings. The summed E-state index contributed by atoms with van der Waals surface area (Å²) in [6.45, 7) is 3.54. The van der Waals surface area contributed by atoms with Crippen LogP contribution in [0.1, 0.15) is 29.5 Å². The molecule has 0 heterocycles. The van der Waals surface area contributed by atoms with Crippen molar-refractivity contribution in [2.24, 2.45) is 0 Å². The van der Waals surface area contributed by atoms with Gasteiger partial charge in [0.2, 0.25) is 0 Å². The molecule has 0 bridgehead atoms. The summed E-state index contributed by atoms with van der Waals surface area (Å²) in [4.78, 5) is 10.9. The first-order valence-electron chi connectivity index (χ1n) is 5.46. The number of phenols is 1. The van der Waals surface area contributed by atoms with Crippen LogP contribution >= 0.6 is 0 Å². The van der Waals surface area contributed by atoms with E-state index in [0.717, 1.165) is 24.0 Å². The topological polar surface area (TPSA) is 57.5 Å². The van der Waals surface area contributed by atoms with E-state index in [1.165, 1.54) is 5.56 Å². The molecule has 1 rings (SSSR count). The summed E-state index contributed by atoms with van der Waals surface area (Å²) in [5.74, 6) is 0.166. The van der Waals surface area contributed by atoms with Crippen LogP contribution in [0.25, 0.3) is 0 Å². The molecule has 0 fully saturated rings. The van der Waals surface area contributed by atoms with Crippen molar-refractivity contribution >= 4 is 5.78 Å². The second kappa shape index (κ2) is 5.66. The van der Waals surface area contributed by atoms with Crippen molar-refractivity contribution in [1.82, 2.24) is 0 Å². The minimum absolute atomic E-state index is 0.117. The Morgan fingerprint density at radius 1 is 1.25 bits per heavy atom. The molecule has 0 spiro atoms. The van der Waals surface area contributed by atoms with Gasteiger partial charge in [-0.15, -0.1) is 0 Å². The van der Waals surface area contributed by atoms with E-state index < -0.39 is 0 Å². The summed E-state index contributed by atoms with van der Waals surface area (Å²) in [6.07, 6.45) is 1.96. The highest BCUT2D eigenvalue weighted by Gasteiger charge is 2.06. The molecule has 88 valence electrons. The van der Waals surface area contributed by atoms with E-state index in [-0.39, 0.29) is 18.1 Å². The van der Waals surface area contributed by atoms with Gasteiger partial charge in [-0.25, -0.2) is 0 Å². The Hall–Kier alpha value is -1.35. The average molecular weight is 222 g/mol. The Balaban J connectivity index is 2.64. The molecule has 0 saturated carbocycles. The molecule has 16 heavy (non-hydrogen) atoms. The first-order valence-corrected chi connectivity index (χ1v) is 5.46. The Kier molecular flexibility index (Phi) is 4.50. The number of Topliss-reactive ketones (excluding diaryl/α,β-unsaturated/α-hetero) is 1. The quantitative estimate of drug-likeness (QED) is 0.800. The molecule has 0 saturated heterocycles. The SMILES string of the molecule is Cc1cc(O)cc(C)c1CCCC(=O)CO. The molecule has 0 aliphatic carbocycles. The molecule has 0 aromatic heterocycles. The smallest absolute Gasteiger partial charge is 0.158 e.